The van der Waals surface area contributed by atoms with Crippen LogP contribution < -0.4 is 0 Å². The second-order valence-electron chi connectivity index (χ2n) is 7.29. The van der Waals surface area contributed by atoms with E-state index in [4.69, 9.17) is 0 Å². The second-order valence-corrected chi connectivity index (χ2v) is 7.29. The normalized spacial score (nSPS) is 16.6. The molecule has 1 fully saturated rings. The Labute approximate surface area is 160 Å². The summed E-state index contributed by atoms with van der Waals surface area (Å²) < 4.78 is 0. The van der Waals surface area contributed by atoms with Gasteiger partial charge in [-0.3, -0.25) is 9.59 Å². The number of rotatable bonds is 5. The van der Waals surface area contributed by atoms with Gasteiger partial charge in [0.1, 0.15) is 5.75 Å². The monoisotopic (exact) mass is 366 g/mol. The lowest BCUT2D eigenvalue weighted by molar-refractivity contribution is -0.127. The van der Waals surface area contributed by atoms with E-state index in [-0.39, 0.29) is 23.5 Å². The molecule has 1 N–H and O–H groups in total. The quantitative estimate of drug-likeness (QED) is 0.883. The number of nitrogens with zero attached hydrogens (tertiary/aromatic N) is 2. The molecule has 1 unspecified atom stereocenters. The van der Waals surface area contributed by atoms with Gasteiger partial charge in [0.05, 0.1) is 0 Å². The fourth-order valence-electron chi connectivity index (χ4n) is 3.65. The maximum atomic E-state index is 12.7. The maximum Gasteiger partial charge on any atom is 0.253 e. The molecule has 0 spiro atoms. The lowest BCUT2D eigenvalue weighted by Crippen LogP contribution is -2.33. The molecule has 1 saturated heterocycles. The zero-order valence-electron chi connectivity index (χ0n) is 16.1. The summed E-state index contributed by atoms with van der Waals surface area (Å²) in [5.74, 6) is 0.529. The van der Waals surface area contributed by atoms with Gasteiger partial charge in [-0.2, -0.15) is 0 Å². The Kier molecular flexibility index (Phi) is 5.49. The molecule has 2 aromatic carbocycles. The molecule has 1 atom stereocenters. The minimum absolute atomic E-state index is 0.0580. The van der Waals surface area contributed by atoms with Gasteiger partial charge in [0.25, 0.3) is 5.91 Å². The summed E-state index contributed by atoms with van der Waals surface area (Å²) in [7, 11) is 1.78. The van der Waals surface area contributed by atoms with Gasteiger partial charge in [-0.15, -0.1) is 0 Å². The fraction of sp³-hybridized carbons (Fsp3) is 0.364. The lowest BCUT2D eigenvalue weighted by atomic mass is 10.0. The van der Waals surface area contributed by atoms with E-state index in [9.17, 15) is 14.7 Å². The number of hydrogen-bond donors (Lipinski definition) is 1. The third-order valence-corrected chi connectivity index (χ3v) is 5.15. The van der Waals surface area contributed by atoms with Gasteiger partial charge >= 0.3 is 0 Å². The molecule has 0 radical (unpaired) electrons. The molecule has 0 bridgehead atoms. The van der Waals surface area contributed by atoms with E-state index in [0.717, 1.165) is 29.8 Å². The van der Waals surface area contributed by atoms with Crippen molar-refractivity contribution in [2.45, 2.75) is 20.3 Å². The van der Waals surface area contributed by atoms with E-state index in [1.165, 1.54) is 0 Å². The molecule has 1 heterocycles. The van der Waals surface area contributed by atoms with E-state index >= 15 is 0 Å². The van der Waals surface area contributed by atoms with Crippen LogP contribution in [-0.2, 0) is 4.79 Å². The molecule has 142 valence electrons. The van der Waals surface area contributed by atoms with Gasteiger partial charge in [0, 0.05) is 50.1 Å². The first kappa shape index (κ1) is 19.0. The average Bonchev–Trinajstić information content (AvgIpc) is 3.02. The Bertz CT molecular complexity index is 845. The van der Waals surface area contributed by atoms with Crippen molar-refractivity contribution in [3.63, 3.8) is 0 Å². The van der Waals surface area contributed by atoms with Crippen molar-refractivity contribution in [2.24, 2.45) is 5.92 Å². The highest BCUT2D eigenvalue weighted by molar-refractivity contribution is 5.94. The molecule has 5 heteroatoms. The molecular formula is C22H26N2O3. The number of aryl methyl sites for hydroxylation is 1. The highest BCUT2D eigenvalue weighted by Crippen LogP contribution is 2.30. The molecule has 0 saturated carbocycles. The smallest absolute Gasteiger partial charge is 0.253 e. The predicted octanol–water partition coefficient (Wildman–Crippen LogP) is 3.31. The average molecular weight is 366 g/mol. The third kappa shape index (κ3) is 4.13. The Balaban J connectivity index is 1.68. The van der Waals surface area contributed by atoms with Crippen LogP contribution in [0, 0.1) is 12.8 Å². The molecule has 1 aliphatic heterocycles. The zero-order valence-corrected chi connectivity index (χ0v) is 16.1. The maximum absolute atomic E-state index is 12.7. The van der Waals surface area contributed by atoms with Gasteiger partial charge in [0.2, 0.25) is 5.91 Å². The van der Waals surface area contributed by atoms with Crippen molar-refractivity contribution in [2.75, 3.05) is 26.7 Å². The van der Waals surface area contributed by atoms with E-state index in [1.54, 1.807) is 30.1 Å². The second kappa shape index (κ2) is 7.82. The Morgan fingerprint density at radius 2 is 1.93 bits per heavy atom. The molecule has 5 nitrogen and oxygen atoms in total. The summed E-state index contributed by atoms with van der Waals surface area (Å²) in [5, 5.41) is 10.1. The van der Waals surface area contributed by atoms with Crippen LogP contribution in [0.1, 0.15) is 29.3 Å². The molecule has 0 aliphatic carbocycles. The minimum Gasteiger partial charge on any atom is -0.507 e. The molecule has 3 rings (SSSR count). The lowest BCUT2D eigenvalue weighted by Gasteiger charge is -2.21. The van der Waals surface area contributed by atoms with Crippen molar-refractivity contribution < 1.29 is 14.7 Å². The summed E-state index contributed by atoms with van der Waals surface area (Å²) >= 11 is 0. The Morgan fingerprint density at radius 1 is 1.22 bits per heavy atom. The Morgan fingerprint density at radius 3 is 2.56 bits per heavy atom. The molecular weight excluding hydrogens is 340 g/mol. The first-order valence-electron chi connectivity index (χ1n) is 9.32. The van der Waals surface area contributed by atoms with Gasteiger partial charge < -0.3 is 14.9 Å². The molecule has 2 amide bonds. The number of likely N-dealkylation sites (tertiary alicyclic amines) is 1. The summed E-state index contributed by atoms with van der Waals surface area (Å²) in [6.07, 6.45) is 0.511. The van der Waals surface area contributed by atoms with E-state index in [2.05, 4.69) is 0 Å². The summed E-state index contributed by atoms with van der Waals surface area (Å²) in [6.45, 7) is 5.96. The van der Waals surface area contributed by atoms with Crippen LogP contribution in [0.2, 0.25) is 0 Å². The van der Waals surface area contributed by atoms with Crippen molar-refractivity contribution in [3.05, 3.63) is 53.6 Å². The van der Waals surface area contributed by atoms with Crippen LogP contribution in [-0.4, -0.2) is 53.4 Å². The molecule has 0 aromatic heterocycles. The molecule has 27 heavy (non-hydrogen) atoms. The topological polar surface area (TPSA) is 60.9 Å². The number of hydrogen-bond acceptors (Lipinski definition) is 3. The minimum atomic E-state index is -0.0580. The standard InChI is InChI=1S/C22H26N2O3/c1-4-24-14-16(12-21(24)26)13-23(3)22(27)18-8-6-17(7-9-18)19-11-15(2)5-10-20(19)25/h5-11,16,25H,4,12-14H2,1-3H3. The van der Waals surface area contributed by atoms with Crippen LogP contribution in [0.5, 0.6) is 5.75 Å². The van der Waals surface area contributed by atoms with Gasteiger partial charge in [-0.05, 0) is 43.7 Å². The number of phenolic OH excluding ortho intramolecular Hbond substituents is 1. The number of amides is 2. The first-order chi connectivity index (χ1) is 12.9. The highest BCUT2D eigenvalue weighted by atomic mass is 16.3. The van der Waals surface area contributed by atoms with Crippen LogP contribution in [0.3, 0.4) is 0 Å². The largest absolute Gasteiger partial charge is 0.507 e. The number of phenols is 1. The van der Waals surface area contributed by atoms with Gasteiger partial charge in [-0.1, -0.05) is 23.8 Å². The van der Waals surface area contributed by atoms with E-state index in [1.807, 2.05) is 43.0 Å². The SMILES string of the molecule is CCN1CC(CN(C)C(=O)c2ccc(-c3cc(C)ccc3O)cc2)CC1=O. The van der Waals surface area contributed by atoms with Crippen molar-refractivity contribution in [1.82, 2.24) is 9.80 Å². The molecule has 2 aromatic rings. The molecule has 1 aliphatic rings. The summed E-state index contributed by atoms with van der Waals surface area (Å²) in [5.41, 5.74) is 3.29. The van der Waals surface area contributed by atoms with Gasteiger partial charge in [-0.25, -0.2) is 0 Å². The van der Waals surface area contributed by atoms with E-state index < -0.39 is 0 Å². The van der Waals surface area contributed by atoms with Crippen LogP contribution >= 0.6 is 0 Å². The van der Waals surface area contributed by atoms with Crippen LogP contribution in [0.4, 0.5) is 0 Å². The number of aromatic hydroxyl groups is 1. The number of carbonyl (C=O) groups is 2. The highest BCUT2D eigenvalue weighted by Gasteiger charge is 2.30. The van der Waals surface area contributed by atoms with E-state index in [0.29, 0.717) is 18.5 Å². The predicted molar refractivity (Wildman–Crippen MR) is 106 cm³/mol. The van der Waals surface area contributed by atoms with Crippen molar-refractivity contribution in [3.8, 4) is 16.9 Å². The third-order valence-electron chi connectivity index (χ3n) is 5.15. The number of carbonyl (C=O) groups excluding carboxylic acids is 2. The van der Waals surface area contributed by atoms with Crippen LogP contribution in [0.25, 0.3) is 11.1 Å². The van der Waals surface area contributed by atoms with Gasteiger partial charge in [0.15, 0.2) is 0 Å². The van der Waals surface area contributed by atoms with Crippen molar-refractivity contribution in [1.29, 1.82) is 0 Å². The van der Waals surface area contributed by atoms with Crippen molar-refractivity contribution >= 4 is 11.8 Å². The first-order valence-corrected chi connectivity index (χ1v) is 9.32. The fourth-order valence-corrected chi connectivity index (χ4v) is 3.65. The summed E-state index contributed by atoms with van der Waals surface area (Å²) in [6, 6.07) is 12.7. The number of benzene rings is 2. The zero-order chi connectivity index (χ0) is 19.6. The van der Waals surface area contributed by atoms with Crippen LogP contribution in [0.15, 0.2) is 42.5 Å². The Hall–Kier alpha value is -2.82. The summed E-state index contributed by atoms with van der Waals surface area (Å²) in [4.78, 5) is 28.1.